The molecule has 0 spiro atoms. The molecular formula is C16H21FN2O. The first-order chi connectivity index (χ1) is 9.60. The van der Waals surface area contributed by atoms with Crippen LogP contribution in [0.3, 0.4) is 0 Å². The molecule has 0 bridgehead atoms. The third-order valence-electron chi connectivity index (χ3n) is 3.73. The lowest BCUT2D eigenvalue weighted by Crippen LogP contribution is -2.29. The van der Waals surface area contributed by atoms with Crippen molar-refractivity contribution in [3.05, 3.63) is 41.7 Å². The highest BCUT2D eigenvalue weighted by Gasteiger charge is 2.24. The van der Waals surface area contributed by atoms with E-state index >= 15 is 0 Å². The minimum absolute atomic E-state index is 0.0467. The van der Waals surface area contributed by atoms with Crippen molar-refractivity contribution >= 4 is 11.5 Å². The van der Waals surface area contributed by atoms with Gasteiger partial charge in [-0.25, -0.2) is 4.39 Å². The van der Waals surface area contributed by atoms with E-state index in [0.29, 0.717) is 5.92 Å². The summed E-state index contributed by atoms with van der Waals surface area (Å²) in [6, 6.07) is 6.22. The first-order valence-corrected chi connectivity index (χ1v) is 6.98. The topological polar surface area (TPSA) is 32.3 Å². The quantitative estimate of drug-likeness (QED) is 0.856. The molecular weight excluding hydrogens is 255 g/mol. The number of amides is 1. The number of rotatable bonds is 4. The molecule has 0 radical (unpaired) electrons. The van der Waals surface area contributed by atoms with Crippen molar-refractivity contribution in [2.75, 3.05) is 26.7 Å². The predicted molar refractivity (Wildman–Crippen MR) is 78.7 cm³/mol. The maximum atomic E-state index is 12.9. The molecule has 1 atom stereocenters. The zero-order chi connectivity index (χ0) is 14.5. The van der Waals surface area contributed by atoms with Crippen LogP contribution in [0.1, 0.15) is 18.9 Å². The van der Waals surface area contributed by atoms with Crippen LogP contribution in [0.25, 0.3) is 5.57 Å². The number of likely N-dealkylation sites (tertiary alicyclic amines) is 1. The first-order valence-electron chi connectivity index (χ1n) is 6.98. The molecule has 4 heteroatoms. The summed E-state index contributed by atoms with van der Waals surface area (Å²) >= 11 is 0. The van der Waals surface area contributed by atoms with Gasteiger partial charge in [0.15, 0.2) is 0 Å². The molecule has 1 fully saturated rings. The van der Waals surface area contributed by atoms with Crippen molar-refractivity contribution in [3.63, 3.8) is 0 Å². The summed E-state index contributed by atoms with van der Waals surface area (Å²) in [6.45, 7) is 4.46. The van der Waals surface area contributed by atoms with Crippen molar-refractivity contribution in [2.24, 2.45) is 5.92 Å². The van der Waals surface area contributed by atoms with Crippen molar-refractivity contribution in [2.45, 2.75) is 13.3 Å². The van der Waals surface area contributed by atoms with Gasteiger partial charge in [0.2, 0.25) is 5.91 Å². The SMILES string of the molecule is CNCC1CCN(C(=O)/C=C(/C)c2ccc(F)cc2)C1. The van der Waals surface area contributed by atoms with Gasteiger partial charge in [0, 0.05) is 19.2 Å². The van der Waals surface area contributed by atoms with Crippen molar-refractivity contribution in [1.29, 1.82) is 0 Å². The van der Waals surface area contributed by atoms with E-state index in [1.165, 1.54) is 12.1 Å². The molecule has 1 N–H and O–H groups in total. The molecule has 1 aromatic carbocycles. The second-order valence-electron chi connectivity index (χ2n) is 5.33. The maximum Gasteiger partial charge on any atom is 0.246 e. The third kappa shape index (κ3) is 3.67. The van der Waals surface area contributed by atoms with E-state index in [1.54, 1.807) is 18.2 Å². The van der Waals surface area contributed by atoms with Gasteiger partial charge in [0.1, 0.15) is 5.82 Å². The largest absolute Gasteiger partial charge is 0.339 e. The van der Waals surface area contributed by atoms with Crippen molar-refractivity contribution in [1.82, 2.24) is 10.2 Å². The van der Waals surface area contributed by atoms with E-state index in [0.717, 1.165) is 37.2 Å². The number of carbonyl (C=O) groups excluding carboxylic acids is 1. The van der Waals surface area contributed by atoms with E-state index in [-0.39, 0.29) is 11.7 Å². The molecule has 1 aromatic rings. The Balaban J connectivity index is 1.99. The average Bonchev–Trinajstić information content (AvgIpc) is 2.88. The molecule has 1 saturated heterocycles. The lowest BCUT2D eigenvalue weighted by Gasteiger charge is -2.15. The molecule has 0 saturated carbocycles. The second kappa shape index (κ2) is 6.66. The summed E-state index contributed by atoms with van der Waals surface area (Å²) in [5.41, 5.74) is 1.75. The fraction of sp³-hybridized carbons (Fsp3) is 0.438. The van der Waals surface area contributed by atoms with E-state index in [2.05, 4.69) is 5.32 Å². The monoisotopic (exact) mass is 276 g/mol. The minimum Gasteiger partial charge on any atom is -0.339 e. The van der Waals surface area contributed by atoms with Crippen LogP contribution in [0.5, 0.6) is 0 Å². The van der Waals surface area contributed by atoms with Gasteiger partial charge < -0.3 is 10.2 Å². The van der Waals surface area contributed by atoms with E-state index in [4.69, 9.17) is 0 Å². The fourth-order valence-electron chi connectivity index (χ4n) is 2.56. The number of nitrogens with zero attached hydrogens (tertiary/aromatic N) is 1. The van der Waals surface area contributed by atoms with Gasteiger partial charge in [-0.1, -0.05) is 12.1 Å². The van der Waals surface area contributed by atoms with Gasteiger partial charge in [0.05, 0.1) is 0 Å². The van der Waals surface area contributed by atoms with Gasteiger partial charge in [-0.15, -0.1) is 0 Å². The normalized spacial score (nSPS) is 19.4. The van der Waals surface area contributed by atoms with Crippen molar-refractivity contribution in [3.8, 4) is 0 Å². The van der Waals surface area contributed by atoms with Gasteiger partial charge in [-0.2, -0.15) is 0 Å². The van der Waals surface area contributed by atoms with Crippen LogP contribution in [0.2, 0.25) is 0 Å². The predicted octanol–water partition coefficient (Wildman–Crippen LogP) is 2.30. The average molecular weight is 276 g/mol. The van der Waals surface area contributed by atoms with E-state index < -0.39 is 0 Å². The molecule has 1 heterocycles. The van der Waals surface area contributed by atoms with Crippen LogP contribution in [0.4, 0.5) is 4.39 Å². The van der Waals surface area contributed by atoms with Crippen LogP contribution in [-0.4, -0.2) is 37.5 Å². The van der Waals surface area contributed by atoms with E-state index in [1.807, 2.05) is 18.9 Å². The minimum atomic E-state index is -0.262. The molecule has 2 rings (SSSR count). The highest BCUT2D eigenvalue weighted by molar-refractivity contribution is 5.95. The lowest BCUT2D eigenvalue weighted by atomic mass is 10.1. The van der Waals surface area contributed by atoms with Gasteiger partial charge in [-0.3, -0.25) is 4.79 Å². The number of hydrogen-bond acceptors (Lipinski definition) is 2. The molecule has 20 heavy (non-hydrogen) atoms. The zero-order valence-electron chi connectivity index (χ0n) is 12.0. The number of halogens is 1. The molecule has 1 unspecified atom stereocenters. The Morgan fingerprint density at radius 3 is 2.80 bits per heavy atom. The van der Waals surface area contributed by atoms with Crippen LogP contribution in [0, 0.1) is 11.7 Å². The van der Waals surface area contributed by atoms with Crippen molar-refractivity contribution < 1.29 is 9.18 Å². The summed E-state index contributed by atoms with van der Waals surface area (Å²) < 4.78 is 12.9. The Morgan fingerprint density at radius 1 is 1.45 bits per heavy atom. The molecule has 0 aliphatic carbocycles. The van der Waals surface area contributed by atoms with Gasteiger partial charge >= 0.3 is 0 Å². The molecule has 3 nitrogen and oxygen atoms in total. The standard InChI is InChI=1S/C16H21FN2O/c1-12(14-3-5-15(17)6-4-14)9-16(20)19-8-7-13(11-19)10-18-2/h3-6,9,13,18H,7-8,10-11H2,1-2H3/b12-9-. The van der Waals surface area contributed by atoms with Gasteiger partial charge in [0.25, 0.3) is 0 Å². The molecule has 1 amide bonds. The number of nitrogens with one attached hydrogen (secondary N) is 1. The lowest BCUT2D eigenvalue weighted by molar-refractivity contribution is -0.125. The van der Waals surface area contributed by atoms with Gasteiger partial charge in [-0.05, 0) is 56.1 Å². The number of carbonyl (C=O) groups is 1. The third-order valence-corrected chi connectivity index (χ3v) is 3.73. The number of allylic oxidation sites excluding steroid dienone is 1. The Bertz CT molecular complexity index is 496. The summed E-state index contributed by atoms with van der Waals surface area (Å²) in [6.07, 6.45) is 2.70. The van der Waals surface area contributed by atoms with Crippen LogP contribution >= 0.6 is 0 Å². The Labute approximate surface area is 119 Å². The molecule has 1 aliphatic heterocycles. The highest BCUT2D eigenvalue weighted by Crippen LogP contribution is 2.18. The van der Waals surface area contributed by atoms with Crippen LogP contribution in [0.15, 0.2) is 30.3 Å². The second-order valence-corrected chi connectivity index (χ2v) is 5.33. The van der Waals surface area contributed by atoms with E-state index in [9.17, 15) is 9.18 Å². The smallest absolute Gasteiger partial charge is 0.246 e. The molecule has 1 aliphatic rings. The summed E-state index contributed by atoms with van der Waals surface area (Å²) in [5.74, 6) is 0.330. The highest BCUT2D eigenvalue weighted by atomic mass is 19.1. The fourth-order valence-corrected chi connectivity index (χ4v) is 2.56. The Kier molecular flexibility index (Phi) is 4.90. The number of hydrogen-bond donors (Lipinski definition) is 1. The Hall–Kier alpha value is -1.68. The van der Waals surface area contributed by atoms with Crippen LogP contribution in [-0.2, 0) is 4.79 Å². The summed E-state index contributed by atoms with van der Waals surface area (Å²) in [4.78, 5) is 14.1. The summed E-state index contributed by atoms with van der Waals surface area (Å²) in [5, 5.41) is 3.15. The first kappa shape index (κ1) is 14.7. The summed E-state index contributed by atoms with van der Waals surface area (Å²) in [7, 11) is 1.93. The molecule has 0 aromatic heterocycles. The number of benzene rings is 1. The Morgan fingerprint density at radius 2 is 2.15 bits per heavy atom. The molecule has 108 valence electrons. The maximum absolute atomic E-state index is 12.9. The zero-order valence-corrected chi connectivity index (χ0v) is 12.0. The van der Waals surface area contributed by atoms with Crippen LogP contribution < -0.4 is 5.32 Å².